The number of rotatable bonds is 5. The first-order valence-corrected chi connectivity index (χ1v) is 7.66. The van der Waals surface area contributed by atoms with Crippen molar-refractivity contribution in [3.05, 3.63) is 36.0 Å². The first kappa shape index (κ1) is 15.6. The van der Waals surface area contributed by atoms with Gasteiger partial charge in [-0.1, -0.05) is 39.0 Å². The normalized spacial score (nSPS) is 11.8. The van der Waals surface area contributed by atoms with Crippen LogP contribution < -0.4 is 0 Å². The van der Waals surface area contributed by atoms with E-state index < -0.39 is 0 Å². The third kappa shape index (κ3) is 4.35. The standard InChI is InChI=1S/C18H26N2O/c1-18(2,3)13-20(4)17(21)11-7-8-14-12-19-16-10-6-5-9-15(14)16/h5-6,9-10,12,19H,7-8,11,13H2,1-4H3. The molecule has 114 valence electrons. The van der Waals surface area contributed by atoms with Gasteiger partial charge in [-0.05, 0) is 29.9 Å². The summed E-state index contributed by atoms with van der Waals surface area (Å²) in [5.41, 5.74) is 2.63. The largest absolute Gasteiger partial charge is 0.361 e. The number of aryl methyl sites for hydroxylation is 1. The van der Waals surface area contributed by atoms with E-state index in [2.05, 4.69) is 50.2 Å². The molecule has 0 aliphatic rings. The van der Waals surface area contributed by atoms with Crippen LogP contribution in [0.25, 0.3) is 10.9 Å². The summed E-state index contributed by atoms with van der Waals surface area (Å²) in [5, 5.41) is 1.27. The van der Waals surface area contributed by atoms with Gasteiger partial charge in [0, 0.05) is 37.1 Å². The maximum Gasteiger partial charge on any atom is 0.222 e. The highest BCUT2D eigenvalue weighted by Gasteiger charge is 2.17. The summed E-state index contributed by atoms with van der Waals surface area (Å²) in [4.78, 5) is 17.3. The lowest BCUT2D eigenvalue weighted by Gasteiger charge is -2.26. The minimum absolute atomic E-state index is 0.154. The van der Waals surface area contributed by atoms with Crippen molar-refractivity contribution in [3.63, 3.8) is 0 Å². The molecule has 3 nitrogen and oxygen atoms in total. The van der Waals surface area contributed by atoms with Gasteiger partial charge >= 0.3 is 0 Å². The number of carbonyl (C=O) groups excluding carboxylic acids is 1. The molecule has 0 radical (unpaired) electrons. The van der Waals surface area contributed by atoms with Crippen molar-refractivity contribution in [1.82, 2.24) is 9.88 Å². The Bertz CT molecular complexity index is 607. The topological polar surface area (TPSA) is 36.1 Å². The summed E-state index contributed by atoms with van der Waals surface area (Å²) in [6.07, 6.45) is 4.52. The van der Waals surface area contributed by atoms with E-state index in [0.717, 1.165) is 19.4 Å². The molecule has 1 N–H and O–H groups in total. The predicted octanol–water partition coefficient (Wildman–Crippen LogP) is 4.00. The summed E-state index contributed by atoms with van der Waals surface area (Å²) in [6.45, 7) is 7.27. The molecule has 3 heteroatoms. The maximum atomic E-state index is 12.1. The number of nitrogens with one attached hydrogen (secondary N) is 1. The van der Waals surface area contributed by atoms with Crippen LogP contribution in [0.3, 0.4) is 0 Å². The lowest BCUT2D eigenvalue weighted by atomic mass is 9.96. The van der Waals surface area contributed by atoms with E-state index >= 15 is 0 Å². The van der Waals surface area contributed by atoms with Crippen LogP contribution in [-0.2, 0) is 11.2 Å². The molecule has 0 aliphatic heterocycles. The number of hydrogen-bond acceptors (Lipinski definition) is 1. The molecule has 0 saturated carbocycles. The minimum Gasteiger partial charge on any atom is -0.361 e. The van der Waals surface area contributed by atoms with E-state index in [9.17, 15) is 4.79 Å². The van der Waals surface area contributed by atoms with Crippen LogP contribution in [0.4, 0.5) is 0 Å². The number of aromatic amines is 1. The number of amides is 1. The van der Waals surface area contributed by atoms with Crippen LogP contribution in [0.1, 0.15) is 39.2 Å². The Hall–Kier alpha value is -1.77. The second kappa shape index (κ2) is 6.33. The number of carbonyl (C=O) groups is 1. The fourth-order valence-electron chi connectivity index (χ4n) is 2.76. The average Bonchev–Trinajstić information content (AvgIpc) is 2.80. The zero-order valence-corrected chi connectivity index (χ0v) is 13.6. The summed E-state index contributed by atoms with van der Waals surface area (Å²) in [6, 6.07) is 8.31. The van der Waals surface area contributed by atoms with Crippen LogP contribution in [0.2, 0.25) is 0 Å². The number of H-pyrrole nitrogens is 1. The number of aromatic nitrogens is 1. The number of hydrogen-bond donors (Lipinski definition) is 1. The van der Waals surface area contributed by atoms with Crippen LogP contribution in [0, 0.1) is 5.41 Å². The number of benzene rings is 1. The van der Waals surface area contributed by atoms with Gasteiger partial charge in [-0.3, -0.25) is 4.79 Å². The molecule has 1 aromatic carbocycles. The van der Waals surface area contributed by atoms with Gasteiger partial charge in [0.25, 0.3) is 0 Å². The third-order valence-corrected chi connectivity index (χ3v) is 3.65. The lowest BCUT2D eigenvalue weighted by molar-refractivity contribution is -0.131. The highest BCUT2D eigenvalue weighted by Crippen LogP contribution is 2.20. The number of fused-ring (bicyclic) bond motifs is 1. The van der Waals surface area contributed by atoms with Crippen molar-refractivity contribution in [3.8, 4) is 0 Å². The number of nitrogens with zero attached hydrogens (tertiary/aromatic N) is 1. The smallest absolute Gasteiger partial charge is 0.222 e. The van der Waals surface area contributed by atoms with E-state index in [0.29, 0.717) is 6.42 Å². The van der Waals surface area contributed by atoms with Crippen molar-refractivity contribution >= 4 is 16.8 Å². The van der Waals surface area contributed by atoms with Crippen molar-refractivity contribution in [1.29, 1.82) is 0 Å². The number of para-hydroxylation sites is 1. The Balaban J connectivity index is 1.85. The Labute approximate surface area is 127 Å². The Kier molecular flexibility index (Phi) is 4.71. The minimum atomic E-state index is 0.154. The molecule has 0 saturated heterocycles. The first-order valence-electron chi connectivity index (χ1n) is 7.66. The summed E-state index contributed by atoms with van der Waals surface area (Å²) < 4.78 is 0. The van der Waals surface area contributed by atoms with Crippen LogP contribution >= 0.6 is 0 Å². The Morgan fingerprint density at radius 1 is 1.24 bits per heavy atom. The van der Waals surface area contributed by atoms with Gasteiger partial charge in [0.2, 0.25) is 5.91 Å². The molecule has 21 heavy (non-hydrogen) atoms. The van der Waals surface area contributed by atoms with Gasteiger partial charge < -0.3 is 9.88 Å². The van der Waals surface area contributed by atoms with E-state index in [4.69, 9.17) is 0 Å². The third-order valence-electron chi connectivity index (χ3n) is 3.65. The molecule has 0 atom stereocenters. The molecule has 1 aromatic heterocycles. The van der Waals surface area contributed by atoms with Gasteiger partial charge in [0.15, 0.2) is 0 Å². The second-order valence-electron chi connectivity index (χ2n) is 7.02. The SMILES string of the molecule is CN(CC(C)(C)C)C(=O)CCCc1c[nH]c2ccccc12. The molecule has 1 amide bonds. The lowest BCUT2D eigenvalue weighted by Crippen LogP contribution is -2.34. The zero-order chi connectivity index (χ0) is 15.5. The van der Waals surface area contributed by atoms with Crippen molar-refractivity contribution in [2.24, 2.45) is 5.41 Å². The Morgan fingerprint density at radius 3 is 2.67 bits per heavy atom. The second-order valence-corrected chi connectivity index (χ2v) is 7.02. The monoisotopic (exact) mass is 286 g/mol. The summed E-state index contributed by atoms with van der Waals surface area (Å²) in [7, 11) is 1.90. The first-order chi connectivity index (χ1) is 9.87. The highest BCUT2D eigenvalue weighted by atomic mass is 16.2. The van der Waals surface area contributed by atoms with E-state index in [1.54, 1.807) is 0 Å². The molecule has 0 aliphatic carbocycles. The van der Waals surface area contributed by atoms with Crippen LogP contribution in [0.15, 0.2) is 30.5 Å². The predicted molar refractivity (Wildman–Crippen MR) is 88.3 cm³/mol. The van der Waals surface area contributed by atoms with Crippen LogP contribution in [-0.4, -0.2) is 29.4 Å². The summed E-state index contributed by atoms with van der Waals surface area (Å²) in [5.74, 6) is 0.241. The molecular weight excluding hydrogens is 260 g/mol. The van der Waals surface area contributed by atoms with Gasteiger partial charge in [-0.2, -0.15) is 0 Å². The molecule has 2 aromatic rings. The van der Waals surface area contributed by atoms with E-state index in [1.807, 2.05) is 18.0 Å². The quantitative estimate of drug-likeness (QED) is 0.886. The molecular formula is C18H26N2O. The van der Waals surface area contributed by atoms with E-state index in [1.165, 1.54) is 16.5 Å². The zero-order valence-electron chi connectivity index (χ0n) is 13.6. The fourth-order valence-corrected chi connectivity index (χ4v) is 2.76. The fraction of sp³-hybridized carbons (Fsp3) is 0.500. The summed E-state index contributed by atoms with van der Waals surface area (Å²) >= 11 is 0. The van der Waals surface area contributed by atoms with Gasteiger partial charge in [-0.15, -0.1) is 0 Å². The van der Waals surface area contributed by atoms with Crippen molar-refractivity contribution in [2.45, 2.75) is 40.0 Å². The van der Waals surface area contributed by atoms with Gasteiger partial charge in [-0.25, -0.2) is 0 Å². The molecule has 1 heterocycles. The van der Waals surface area contributed by atoms with Gasteiger partial charge in [0.1, 0.15) is 0 Å². The van der Waals surface area contributed by atoms with Crippen molar-refractivity contribution in [2.75, 3.05) is 13.6 Å². The molecule has 0 unspecified atom stereocenters. The average molecular weight is 286 g/mol. The van der Waals surface area contributed by atoms with Crippen molar-refractivity contribution < 1.29 is 4.79 Å². The maximum absolute atomic E-state index is 12.1. The molecule has 2 rings (SSSR count). The van der Waals surface area contributed by atoms with Gasteiger partial charge in [0.05, 0.1) is 0 Å². The Morgan fingerprint density at radius 2 is 1.95 bits per heavy atom. The van der Waals surface area contributed by atoms with Crippen LogP contribution in [0.5, 0.6) is 0 Å². The van der Waals surface area contributed by atoms with E-state index in [-0.39, 0.29) is 11.3 Å². The molecule has 0 spiro atoms. The molecule has 0 bridgehead atoms. The molecule has 0 fully saturated rings. The highest BCUT2D eigenvalue weighted by molar-refractivity contribution is 5.83.